The van der Waals surface area contributed by atoms with Crippen LogP contribution in [0.2, 0.25) is 0 Å². The molecule has 1 atom stereocenters. The molecule has 2 rings (SSSR count). The van der Waals surface area contributed by atoms with Crippen molar-refractivity contribution < 1.29 is 19.4 Å². The smallest absolute Gasteiger partial charge is 0.411 e. The molecular weight excluding hydrogens is 338 g/mol. The lowest BCUT2D eigenvalue weighted by Crippen LogP contribution is -2.64. The summed E-state index contributed by atoms with van der Waals surface area (Å²) in [5.74, 6) is 0.301. The summed E-state index contributed by atoms with van der Waals surface area (Å²) in [6, 6.07) is 9.13. The number of ether oxygens (including phenoxy) is 1. The van der Waals surface area contributed by atoms with Crippen molar-refractivity contribution in [2.24, 2.45) is 5.41 Å². The van der Waals surface area contributed by atoms with E-state index in [1.54, 1.807) is 11.8 Å². The predicted molar refractivity (Wildman–Crippen MR) is 99.7 cm³/mol. The topological polar surface area (TPSA) is 66.8 Å². The van der Waals surface area contributed by atoms with E-state index in [9.17, 15) is 14.7 Å². The predicted octanol–water partition coefficient (Wildman–Crippen LogP) is 4.02. The number of aliphatic carboxylic acids is 1. The molecule has 1 aromatic rings. The van der Waals surface area contributed by atoms with Crippen molar-refractivity contribution in [3.8, 4) is 0 Å². The first kappa shape index (κ1) is 19.6. The van der Waals surface area contributed by atoms with Gasteiger partial charge in [0.25, 0.3) is 0 Å². The molecule has 1 aliphatic rings. The van der Waals surface area contributed by atoms with E-state index < -0.39 is 17.6 Å². The van der Waals surface area contributed by atoms with Crippen LogP contribution in [0.5, 0.6) is 0 Å². The highest BCUT2D eigenvalue weighted by Crippen LogP contribution is 2.43. The van der Waals surface area contributed by atoms with Gasteiger partial charge in [-0.3, -0.25) is 4.90 Å². The molecule has 5 nitrogen and oxygen atoms in total. The molecule has 138 valence electrons. The van der Waals surface area contributed by atoms with Crippen molar-refractivity contribution >= 4 is 23.8 Å². The summed E-state index contributed by atoms with van der Waals surface area (Å²) in [6.07, 6.45) is -0.152. The van der Waals surface area contributed by atoms with Crippen molar-refractivity contribution in [1.82, 2.24) is 4.90 Å². The van der Waals surface area contributed by atoms with Crippen molar-refractivity contribution in [3.63, 3.8) is 0 Å². The fourth-order valence-corrected chi connectivity index (χ4v) is 4.91. The lowest BCUT2D eigenvalue weighted by Gasteiger charge is -2.48. The fourth-order valence-electron chi connectivity index (χ4n) is 3.45. The Kier molecular flexibility index (Phi) is 6.03. The summed E-state index contributed by atoms with van der Waals surface area (Å²) in [5, 5.41) is 10.0. The van der Waals surface area contributed by atoms with Gasteiger partial charge in [-0.2, -0.15) is 11.8 Å². The summed E-state index contributed by atoms with van der Waals surface area (Å²) in [7, 11) is 0. The summed E-state index contributed by atoms with van der Waals surface area (Å²) in [4.78, 5) is 26.5. The normalized spacial score (nSPS) is 22.4. The van der Waals surface area contributed by atoms with Crippen LogP contribution in [-0.4, -0.2) is 45.2 Å². The Morgan fingerprint density at radius 3 is 2.40 bits per heavy atom. The number of rotatable bonds is 5. The van der Waals surface area contributed by atoms with Gasteiger partial charge in [-0.15, -0.1) is 0 Å². The molecule has 1 amide bonds. The Morgan fingerprint density at radius 1 is 1.24 bits per heavy atom. The van der Waals surface area contributed by atoms with Crippen LogP contribution in [0.3, 0.4) is 0 Å². The summed E-state index contributed by atoms with van der Waals surface area (Å²) in [5.41, 5.74) is -0.523. The molecule has 1 unspecified atom stereocenters. The molecule has 0 bridgehead atoms. The molecule has 1 aliphatic heterocycles. The highest BCUT2D eigenvalue weighted by Gasteiger charge is 2.53. The molecule has 0 radical (unpaired) electrons. The lowest BCUT2D eigenvalue weighted by molar-refractivity contribution is -0.152. The van der Waals surface area contributed by atoms with Crippen LogP contribution in [0.1, 0.15) is 39.7 Å². The zero-order valence-corrected chi connectivity index (χ0v) is 16.1. The van der Waals surface area contributed by atoms with Gasteiger partial charge in [0.15, 0.2) is 5.54 Å². The van der Waals surface area contributed by atoms with E-state index in [1.807, 2.05) is 58.0 Å². The zero-order chi connectivity index (χ0) is 18.7. The molecule has 1 aromatic carbocycles. The molecule has 0 aliphatic carbocycles. The lowest BCUT2D eigenvalue weighted by atomic mass is 9.78. The van der Waals surface area contributed by atoms with E-state index in [4.69, 9.17) is 4.74 Å². The van der Waals surface area contributed by atoms with Gasteiger partial charge in [0.1, 0.15) is 6.61 Å². The molecule has 25 heavy (non-hydrogen) atoms. The molecule has 0 spiro atoms. The van der Waals surface area contributed by atoms with Gasteiger partial charge in [0.05, 0.1) is 0 Å². The number of carboxylic acids is 1. The Balaban J connectivity index is 2.24. The first-order valence-electron chi connectivity index (χ1n) is 8.49. The Hall–Kier alpha value is -1.69. The second-order valence-corrected chi connectivity index (χ2v) is 8.66. The van der Waals surface area contributed by atoms with Crippen LogP contribution in [-0.2, 0) is 16.1 Å². The second-order valence-electron chi connectivity index (χ2n) is 7.67. The fraction of sp³-hybridized carbons (Fsp3) is 0.579. The quantitative estimate of drug-likeness (QED) is 0.854. The van der Waals surface area contributed by atoms with E-state index in [0.717, 1.165) is 11.3 Å². The van der Waals surface area contributed by atoms with Crippen LogP contribution in [0, 0.1) is 5.41 Å². The van der Waals surface area contributed by atoms with Crippen LogP contribution in [0.25, 0.3) is 0 Å². The molecule has 0 aromatic heterocycles. The zero-order valence-electron chi connectivity index (χ0n) is 15.3. The van der Waals surface area contributed by atoms with Crippen LogP contribution < -0.4 is 0 Å². The highest BCUT2D eigenvalue weighted by atomic mass is 32.2. The molecule has 1 N–H and O–H groups in total. The van der Waals surface area contributed by atoms with Crippen molar-refractivity contribution in [2.45, 2.75) is 52.3 Å². The minimum Gasteiger partial charge on any atom is -0.479 e. The number of carboxylic acid groups (broad SMARTS) is 1. The molecule has 6 heteroatoms. The summed E-state index contributed by atoms with van der Waals surface area (Å²) >= 11 is 1.58. The third kappa shape index (κ3) is 4.48. The number of thioether (sulfide) groups is 1. The van der Waals surface area contributed by atoms with Crippen molar-refractivity contribution in [1.29, 1.82) is 0 Å². The standard InChI is InChI=1S/C19H27NO4S/c1-14(2)20(17(23)24-10-15-8-6-5-7-9-15)19(16(21)22)11-18(3,4)12-25-13-19/h5-9,14H,10-13H2,1-4H3,(H,21,22). The van der Waals surface area contributed by atoms with Crippen LogP contribution in [0.4, 0.5) is 4.79 Å². The van der Waals surface area contributed by atoms with Crippen LogP contribution >= 0.6 is 11.8 Å². The largest absolute Gasteiger partial charge is 0.479 e. The van der Waals surface area contributed by atoms with Crippen LogP contribution in [0.15, 0.2) is 30.3 Å². The number of hydrogen-bond donors (Lipinski definition) is 1. The molecule has 1 heterocycles. The molecule has 1 saturated heterocycles. The SMILES string of the molecule is CC(C)N(C(=O)OCc1ccccc1)C1(C(=O)O)CSCC(C)(C)C1. The minimum absolute atomic E-state index is 0.134. The molecular formula is C19H27NO4S. The van der Waals surface area contributed by atoms with Crippen molar-refractivity contribution in [2.75, 3.05) is 11.5 Å². The van der Waals surface area contributed by atoms with Gasteiger partial charge < -0.3 is 9.84 Å². The Bertz CT molecular complexity index is 617. The van der Waals surface area contributed by atoms with E-state index in [0.29, 0.717) is 12.2 Å². The maximum absolute atomic E-state index is 12.8. The number of carbonyl (C=O) groups is 2. The monoisotopic (exact) mass is 365 g/mol. The average molecular weight is 365 g/mol. The van der Waals surface area contributed by atoms with Gasteiger partial charge in [0.2, 0.25) is 0 Å². The number of carbonyl (C=O) groups excluding carboxylic acids is 1. The minimum atomic E-state index is -1.24. The maximum Gasteiger partial charge on any atom is 0.411 e. The van der Waals surface area contributed by atoms with Gasteiger partial charge in [-0.1, -0.05) is 44.2 Å². The number of hydrogen-bond acceptors (Lipinski definition) is 4. The van der Waals surface area contributed by atoms with E-state index in [2.05, 4.69) is 0 Å². The third-order valence-electron chi connectivity index (χ3n) is 4.38. The van der Waals surface area contributed by atoms with Gasteiger partial charge >= 0.3 is 12.1 Å². The number of benzene rings is 1. The van der Waals surface area contributed by atoms with Crippen molar-refractivity contribution in [3.05, 3.63) is 35.9 Å². The highest BCUT2D eigenvalue weighted by molar-refractivity contribution is 7.99. The Labute approximate surface area is 153 Å². The maximum atomic E-state index is 12.8. The van der Waals surface area contributed by atoms with Gasteiger partial charge in [-0.25, -0.2) is 9.59 Å². The van der Waals surface area contributed by atoms with Gasteiger partial charge in [-0.05, 0) is 37.0 Å². The summed E-state index contributed by atoms with van der Waals surface area (Å²) < 4.78 is 5.46. The first-order valence-corrected chi connectivity index (χ1v) is 9.65. The first-order chi connectivity index (χ1) is 11.7. The van der Waals surface area contributed by atoms with E-state index >= 15 is 0 Å². The average Bonchev–Trinajstić information content (AvgIpc) is 2.52. The number of nitrogens with zero attached hydrogens (tertiary/aromatic N) is 1. The Morgan fingerprint density at radius 2 is 1.88 bits per heavy atom. The molecule has 0 saturated carbocycles. The van der Waals surface area contributed by atoms with E-state index in [-0.39, 0.29) is 18.1 Å². The molecule has 1 fully saturated rings. The van der Waals surface area contributed by atoms with Gasteiger partial charge in [0, 0.05) is 11.8 Å². The second kappa shape index (κ2) is 7.68. The number of amides is 1. The third-order valence-corrected chi connectivity index (χ3v) is 6.05. The summed E-state index contributed by atoms with van der Waals surface area (Å²) in [6.45, 7) is 7.89. The van der Waals surface area contributed by atoms with E-state index in [1.165, 1.54) is 4.90 Å².